The van der Waals surface area contributed by atoms with E-state index in [4.69, 9.17) is 11.6 Å². The van der Waals surface area contributed by atoms with Crippen LogP contribution in [0.4, 0.5) is 0 Å². The smallest absolute Gasteiger partial charge is 0.326 e. The summed E-state index contributed by atoms with van der Waals surface area (Å²) in [6.07, 6.45) is 3.27. The normalized spacial score (nSPS) is 21.0. The molecule has 0 unspecified atom stereocenters. The maximum atomic E-state index is 9.37. The van der Waals surface area contributed by atoms with Crippen LogP contribution in [0.5, 0.6) is 0 Å². The van der Waals surface area contributed by atoms with E-state index in [1.165, 1.54) is 6.33 Å². The second kappa shape index (κ2) is 2.59. The van der Waals surface area contributed by atoms with E-state index in [1.54, 1.807) is 0 Å². The standard InChI is InChI=1S/C8H10ClN2O/c1-5-2-3-6-7(5)8(9)10-4-11(6)12/h4-5,12H,2-3H2,1H3/q+1/t5-/m1/s1. The monoisotopic (exact) mass is 185 g/mol. The van der Waals surface area contributed by atoms with Gasteiger partial charge >= 0.3 is 6.33 Å². The quantitative estimate of drug-likeness (QED) is 0.376. The van der Waals surface area contributed by atoms with Crippen LogP contribution in [-0.2, 0) is 6.42 Å². The van der Waals surface area contributed by atoms with E-state index < -0.39 is 0 Å². The lowest BCUT2D eigenvalue weighted by atomic mass is 10.1. The molecule has 0 amide bonds. The molecule has 1 heterocycles. The Bertz CT molecular complexity index is 327. The summed E-state index contributed by atoms with van der Waals surface area (Å²) in [6, 6.07) is 0. The number of rotatable bonds is 0. The molecule has 0 aliphatic heterocycles. The van der Waals surface area contributed by atoms with Gasteiger partial charge in [0.05, 0.1) is 5.56 Å². The minimum atomic E-state index is 0.416. The fourth-order valence-corrected chi connectivity index (χ4v) is 2.06. The van der Waals surface area contributed by atoms with Crippen LogP contribution >= 0.6 is 11.6 Å². The summed E-state index contributed by atoms with van der Waals surface area (Å²) in [7, 11) is 0. The van der Waals surface area contributed by atoms with E-state index in [-0.39, 0.29) is 0 Å². The largest absolute Gasteiger partial charge is 0.350 e. The second-order valence-electron chi connectivity index (χ2n) is 3.18. The van der Waals surface area contributed by atoms with Gasteiger partial charge in [0.15, 0.2) is 5.69 Å². The molecular formula is C8H10ClN2O+. The Hall–Kier alpha value is -0.830. The Morgan fingerprint density at radius 1 is 1.75 bits per heavy atom. The number of aromatic nitrogens is 2. The number of halogens is 1. The zero-order valence-electron chi connectivity index (χ0n) is 6.79. The van der Waals surface area contributed by atoms with Gasteiger partial charge in [0.2, 0.25) is 5.15 Å². The van der Waals surface area contributed by atoms with Crippen LogP contribution in [0, 0.1) is 0 Å². The molecule has 1 atom stereocenters. The summed E-state index contributed by atoms with van der Waals surface area (Å²) in [6.45, 7) is 2.10. The van der Waals surface area contributed by atoms with Gasteiger partial charge in [-0.2, -0.15) is 0 Å². The summed E-state index contributed by atoms with van der Waals surface area (Å²) < 4.78 is 1.07. The Balaban J connectivity index is 2.64. The highest BCUT2D eigenvalue weighted by Crippen LogP contribution is 2.33. The number of fused-ring (bicyclic) bond motifs is 1. The fraction of sp³-hybridized carbons (Fsp3) is 0.500. The van der Waals surface area contributed by atoms with Crippen LogP contribution in [0.2, 0.25) is 5.15 Å². The predicted molar refractivity (Wildman–Crippen MR) is 43.4 cm³/mol. The van der Waals surface area contributed by atoms with Crippen molar-refractivity contribution in [1.29, 1.82) is 0 Å². The fourth-order valence-electron chi connectivity index (χ4n) is 1.72. The number of hydrogen-bond donors (Lipinski definition) is 1. The third kappa shape index (κ3) is 0.966. The van der Waals surface area contributed by atoms with Gasteiger partial charge in [-0.15, -0.1) is 0 Å². The van der Waals surface area contributed by atoms with Gasteiger partial charge in [-0.05, 0) is 28.9 Å². The molecule has 0 saturated heterocycles. The van der Waals surface area contributed by atoms with Crippen molar-refractivity contribution in [3.63, 3.8) is 0 Å². The van der Waals surface area contributed by atoms with E-state index in [9.17, 15) is 5.21 Å². The summed E-state index contributed by atoms with van der Waals surface area (Å²) in [4.78, 5) is 3.88. The molecule has 1 aliphatic carbocycles. The SMILES string of the molecule is C[C@@H]1CCc2c1c(Cl)nc[n+]2O. The highest BCUT2D eigenvalue weighted by molar-refractivity contribution is 6.30. The molecule has 0 aromatic carbocycles. The van der Waals surface area contributed by atoms with Gasteiger partial charge in [0.1, 0.15) is 0 Å². The van der Waals surface area contributed by atoms with Gasteiger partial charge in [-0.3, -0.25) is 0 Å². The molecule has 1 aromatic heterocycles. The molecule has 4 heteroatoms. The van der Waals surface area contributed by atoms with Crippen molar-refractivity contribution in [3.05, 3.63) is 22.7 Å². The first-order valence-electron chi connectivity index (χ1n) is 3.98. The predicted octanol–water partition coefficient (Wildman–Crippen LogP) is 1.31. The van der Waals surface area contributed by atoms with Crippen LogP contribution in [0.15, 0.2) is 6.33 Å². The molecule has 3 nitrogen and oxygen atoms in total. The lowest BCUT2D eigenvalue weighted by Crippen LogP contribution is -2.35. The van der Waals surface area contributed by atoms with Crippen molar-refractivity contribution in [2.24, 2.45) is 0 Å². The van der Waals surface area contributed by atoms with Crippen molar-refractivity contribution in [2.45, 2.75) is 25.7 Å². The molecule has 0 bridgehead atoms. The Morgan fingerprint density at radius 3 is 3.17 bits per heavy atom. The van der Waals surface area contributed by atoms with Gasteiger partial charge < -0.3 is 5.21 Å². The van der Waals surface area contributed by atoms with Crippen molar-refractivity contribution in [3.8, 4) is 0 Å². The second-order valence-corrected chi connectivity index (χ2v) is 3.54. The molecule has 1 aliphatic rings. The van der Waals surface area contributed by atoms with Gasteiger partial charge in [-0.1, -0.05) is 11.7 Å². The zero-order valence-corrected chi connectivity index (χ0v) is 7.54. The first-order chi connectivity index (χ1) is 5.70. The highest BCUT2D eigenvalue weighted by Gasteiger charge is 2.30. The van der Waals surface area contributed by atoms with E-state index in [1.807, 2.05) is 0 Å². The summed E-state index contributed by atoms with van der Waals surface area (Å²) >= 11 is 5.90. The average molecular weight is 186 g/mol. The maximum absolute atomic E-state index is 9.37. The molecule has 0 saturated carbocycles. The molecule has 0 spiro atoms. The maximum Gasteiger partial charge on any atom is 0.326 e. The van der Waals surface area contributed by atoms with E-state index in [2.05, 4.69) is 11.9 Å². The summed E-state index contributed by atoms with van der Waals surface area (Å²) in [5, 5.41) is 9.90. The van der Waals surface area contributed by atoms with Gasteiger partial charge in [-0.25, -0.2) is 0 Å². The van der Waals surface area contributed by atoms with E-state index >= 15 is 0 Å². The van der Waals surface area contributed by atoms with E-state index in [0.717, 1.165) is 28.8 Å². The topological polar surface area (TPSA) is 37.0 Å². The minimum absolute atomic E-state index is 0.416. The third-order valence-electron chi connectivity index (χ3n) is 2.40. The average Bonchev–Trinajstić information content (AvgIpc) is 2.42. The molecule has 1 aromatic rings. The van der Waals surface area contributed by atoms with Crippen LogP contribution in [0.25, 0.3) is 0 Å². The van der Waals surface area contributed by atoms with Gasteiger partial charge in [0.25, 0.3) is 0 Å². The van der Waals surface area contributed by atoms with Crippen molar-refractivity contribution in [2.75, 3.05) is 0 Å². The number of hydrogen-bond acceptors (Lipinski definition) is 2. The molecule has 0 radical (unpaired) electrons. The molecule has 1 N–H and O–H groups in total. The van der Waals surface area contributed by atoms with Gasteiger partial charge in [0, 0.05) is 6.42 Å². The molecule has 64 valence electrons. The minimum Gasteiger partial charge on any atom is -0.350 e. The van der Waals surface area contributed by atoms with Crippen LogP contribution in [-0.4, -0.2) is 10.2 Å². The Morgan fingerprint density at radius 2 is 2.50 bits per heavy atom. The molecule has 2 rings (SSSR count). The highest BCUT2D eigenvalue weighted by atomic mass is 35.5. The lowest BCUT2D eigenvalue weighted by molar-refractivity contribution is -0.911. The van der Waals surface area contributed by atoms with Crippen molar-refractivity contribution >= 4 is 11.6 Å². The number of nitrogens with zero attached hydrogens (tertiary/aromatic N) is 2. The third-order valence-corrected chi connectivity index (χ3v) is 2.70. The van der Waals surface area contributed by atoms with Crippen molar-refractivity contribution < 1.29 is 9.94 Å². The molecule has 12 heavy (non-hydrogen) atoms. The molecule has 0 fully saturated rings. The lowest BCUT2D eigenvalue weighted by Gasteiger charge is -2.00. The van der Waals surface area contributed by atoms with Crippen LogP contribution < -0.4 is 4.73 Å². The zero-order chi connectivity index (χ0) is 8.72. The Kier molecular flexibility index (Phi) is 1.68. The van der Waals surface area contributed by atoms with E-state index in [0.29, 0.717) is 11.1 Å². The first-order valence-corrected chi connectivity index (χ1v) is 4.36. The summed E-state index contributed by atoms with van der Waals surface area (Å²) in [5.74, 6) is 0.416. The van der Waals surface area contributed by atoms with Crippen LogP contribution in [0.1, 0.15) is 30.5 Å². The molecular weight excluding hydrogens is 176 g/mol. The summed E-state index contributed by atoms with van der Waals surface area (Å²) in [5.41, 5.74) is 1.91. The van der Waals surface area contributed by atoms with Crippen molar-refractivity contribution in [1.82, 2.24) is 4.98 Å². The first kappa shape index (κ1) is 7.80. The Labute approximate surface area is 75.6 Å². The van der Waals surface area contributed by atoms with Crippen LogP contribution in [0.3, 0.4) is 0 Å².